The third-order valence-electron chi connectivity index (χ3n) is 2.28. The molecule has 0 heterocycles. The first-order chi connectivity index (χ1) is 6.25. The molecule has 1 aromatic carbocycles. The maximum absolute atomic E-state index is 12.5. The Balaban J connectivity index is 1.98. The highest BCUT2D eigenvalue weighted by Gasteiger charge is 2.30. The Bertz CT molecular complexity index is 283. The van der Waals surface area contributed by atoms with Crippen molar-refractivity contribution in [3.8, 4) is 5.75 Å². The second-order valence-corrected chi connectivity index (χ2v) is 3.25. The molecule has 1 aliphatic carbocycles. The molecule has 2 nitrogen and oxygen atoms in total. The fourth-order valence-electron chi connectivity index (χ4n) is 1.28. The predicted octanol–water partition coefficient (Wildman–Crippen LogP) is 1.73. The molecule has 0 radical (unpaired) electrons. The van der Waals surface area contributed by atoms with Gasteiger partial charge in [-0.2, -0.15) is 0 Å². The lowest BCUT2D eigenvalue weighted by Crippen LogP contribution is -2.41. The van der Waals surface area contributed by atoms with E-state index in [1.54, 1.807) is 12.1 Å². The minimum Gasteiger partial charge on any atom is -0.488 e. The first-order valence-electron chi connectivity index (χ1n) is 4.36. The number of hydrogen-bond acceptors (Lipinski definition) is 2. The molecule has 0 bridgehead atoms. The summed E-state index contributed by atoms with van der Waals surface area (Å²) in [5.41, 5.74) is 0. The Kier molecular flexibility index (Phi) is 2.19. The van der Waals surface area contributed by atoms with Crippen molar-refractivity contribution in [2.75, 3.05) is 0 Å². The number of aliphatic hydroxyl groups excluding tert-OH is 1. The van der Waals surface area contributed by atoms with Gasteiger partial charge < -0.3 is 9.84 Å². The average molecular weight is 182 g/mol. The van der Waals surface area contributed by atoms with Gasteiger partial charge in [0, 0.05) is 0 Å². The van der Waals surface area contributed by atoms with Gasteiger partial charge in [-0.15, -0.1) is 0 Å². The van der Waals surface area contributed by atoms with E-state index < -0.39 is 0 Å². The highest BCUT2D eigenvalue weighted by molar-refractivity contribution is 5.22. The molecule has 2 rings (SSSR count). The molecule has 3 heteroatoms. The van der Waals surface area contributed by atoms with Crippen LogP contribution >= 0.6 is 0 Å². The second-order valence-electron chi connectivity index (χ2n) is 3.25. The highest BCUT2D eigenvalue weighted by Crippen LogP contribution is 2.25. The molecule has 13 heavy (non-hydrogen) atoms. The zero-order chi connectivity index (χ0) is 9.26. The van der Waals surface area contributed by atoms with Gasteiger partial charge in [-0.25, -0.2) is 4.39 Å². The summed E-state index contributed by atoms with van der Waals surface area (Å²) in [5, 5.41) is 9.22. The standard InChI is InChI=1S/C10H11FO2/c11-7-1-3-8(4-2-7)13-10-6-5-9(10)12/h1-4,9-10,12H,5-6H2/t9-,10-/m1/s1. The summed E-state index contributed by atoms with van der Waals surface area (Å²) in [5.74, 6) is 0.339. The molecular weight excluding hydrogens is 171 g/mol. The van der Waals surface area contributed by atoms with Crippen molar-refractivity contribution < 1.29 is 14.2 Å². The van der Waals surface area contributed by atoms with E-state index in [4.69, 9.17) is 4.74 Å². The summed E-state index contributed by atoms with van der Waals surface area (Å²) in [4.78, 5) is 0. The van der Waals surface area contributed by atoms with Crippen LogP contribution in [0.4, 0.5) is 4.39 Å². The fourth-order valence-corrected chi connectivity index (χ4v) is 1.28. The lowest BCUT2D eigenvalue weighted by atomic mass is 9.92. The summed E-state index contributed by atoms with van der Waals surface area (Å²) < 4.78 is 17.9. The molecule has 1 fully saturated rings. The lowest BCUT2D eigenvalue weighted by molar-refractivity contribution is -0.0361. The molecule has 0 spiro atoms. The molecule has 0 aromatic heterocycles. The first-order valence-corrected chi connectivity index (χ1v) is 4.36. The van der Waals surface area contributed by atoms with Gasteiger partial charge in [0.1, 0.15) is 17.7 Å². The number of halogens is 1. The van der Waals surface area contributed by atoms with Crippen LogP contribution in [-0.2, 0) is 0 Å². The first kappa shape index (κ1) is 8.51. The fraction of sp³-hybridized carbons (Fsp3) is 0.400. The van der Waals surface area contributed by atoms with Crippen LogP contribution in [0.3, 0.4) is 0 Å². The molecule has 1 saturated carbocycles. The number of rotatable bonds is 2. The smallest absolute Gasteiger partial charge is 0.125 e. The zero-order valence-corrected chi connectivity index (χ0v) is 7.11. The Hall–Kier alpha value is -1.09. The van der Waals surface area contributed by atoms with E-state index in [0.29, 0.717) is 5.75 Å². The maximum atomic E-state index is 12.5. The topological polar surface area (TPSA) is 29.5 Å². The van der Waals surface area contributed by atoms with Crippen LogP contribution in [0.15, 0.2) is 24.3 Å². The largest absolute Gasteiger partial charge is 0.488 e. The Labute approximate surface area is 76.0 Å². The lowest BCUT2D eigenvalue weighted by Gasteiger charge is -2.32. The number of ether oxygens (including phenoxy) is 1. The van der Waals surface area contributed by atoms with Gasteiger partial charge in [-0.1, -0.05) is 0 Å². The molecular formula is C10H11FO2. The van der Waals surface area contributed by atoms with Crippen LogP contribution in [0.5, 0.6) is 5.75 Å². The van der Waals surface area contributed by atoms with E-state index in [1.807, 2.05) is 0 Å². The van der Waals surface area contributed by atoms with Gasteiger partial charge in [0.05, 0.1) is 6.10 Å². The second kappa shape index (κ2) is 3.34. The van der Waals surface area contributed by atoms with Crippen LogP contribution in [0.25, 0.3) is 0 Å². The molecule has 2 atom stereocenters. The van der Waals surface area contributed by atoms with Gasteiger partial charge in [0.2, 0.25) is 0 Å². The van der Waals surface area contributed by atoms with Crippen LogP contribution < -0.4 is 4.74 Å². The van der Waals surface area contributed by atoms with E-state index in [-0.39, 0.29) is 18.0 Å². The molecule has 0 unspecified atom stereocenters. The van der Waals surface area contributed by atoms with Gasteiger partial charge in [0.25, 0.3) is 0 Å². The molecule has 0 aliphatic heterocycles. The summed E-state index contributed by atoms with van der Waals surface area (Å²) in [6.07, 6.45) is 1.21. The van der Waals surface area contributed by atoms with Gasteiger partial charge >= 0.3 is 0 Å². The summed E-state index contributed by atoms with van der Waals surface area (Å²) in [6, 6.07) is 5.83. The Morgan fingerprint density at radius 3 is 2.38 bits per heavy atom. The van der Waals surface area contributed by atoms with Crippen LogP contribution in [0.2, 0.25) is 0 Å². The van der Waals surface area contributed by atoms with Gasteiger partial charge in [0.15, 0.2) is 0 Å². The van der Waals surface area contributed by atoms with Crippen molar-refractivity contribution in [2.24, 2.45) is 0 Å². The Morgan fingerprint density at radius 1 is 1.23 bits per heavy atom. The summed E-state index contributed by atoms with van der Waals surface area (Å²) >= 11 is 0. The zero-order valence-electron chi connectivity index (χ0n) is 7.11. The highest BCUT2D eigenvalue weighted by atomic mass is 19.1. The van der Waals surface area contributed by atoms with Crippen LogP contribution in [0, 0.1) is 5.82 Å². The van der Waals surface area contributed by atoms with Crippen molar-refractivity contribution in [3.05, 3.63) is 30.1 Å². The van der Waals surface area contributed by atoms with E-state index in [0.717, 1.165) is 12.8 Å². The third-order valence-corrected chi connectivity index (χ3v) is 2.28. The van der Waals surface area contributed by atoms with Crippen molar-refractivity contribution in [1.29, 1.82) is 0 Å². The van der Waals surface area contributed by atoms with E-state index in [2.05, 4.69) is 0 Å². The Morgan fingerprint density at radius 2 is 1.92 bits per heavy atom. The van der Waals surface area contributed by atoms with Crippen molar-refractivity contribution in [1.82, 2.24) is 0 Å². The monoisotopic (exact) mass is 182 g/mol. The summed E-state index contributed by atoms with van der Waals surface area (Å²) in [7, 11) is 0. The normalized spacial score (nSPS) is 26.6. The number of hydrogen-bond donors (Lipinski definition) is 1. The number of benzene rings is 1. The van der Waals surface area contributed by atoms with E-state index >= 15 is 0 Å². The van der Waals surface area contributed by atoms with Crippen molar-refractivity contribution in [2.45, 2.75) is 25.0 Å². The van der Waals surface area contributed by atoms with E-state index in [9.17, 15) is 9.50 Å². The summed E-state index contributed by atoms with van der Waals surface area (Å²) in [6.45, 7) is 0. The maximum Gasteiger partial charge on any atom is 0.125 e. The predicted molar refractivity (Wildman–Crippen MR) is 46.1 cm³/mol. The number of aliphatic hydroxyl groups is 1. The quantitative estimate of drug-likeness (QED) is 0.754. The van der Waals surface area contributed by atoms with Gasteiger partial charge in [-0.05, 0) is 37.1 Å². The molecule has 0 saturated heterocycles. The van der Waals surface area contributed by atoms with Crippen LogP contribution in [-0.4, -0.2) is 17.3 Å². The molecule has 0 amide bonds. The van der Waals surface area contributed by atoms with Gasteiger partial charge in [-0.3, -0.25) is 0 Å². The molecule has 1 N–H and O–H groups in total. The van der Waals surface area contributed by atoms with E-state index in [1.165, 1.54) is 12.1 Å². The average Bonchev–Trinajstić information content (AvgIpc) is 2.15. The molecule has 1 aliphatic rings. The van der Waals surface area contributed by atoms with Crippen molar-refractivity contribution in [3.63, 3.8) is 0 Å². The van der Waals surface area contributed by atoms with Crippen LogP contribution in [0.1, 0.15) is 12.8 Å². The molecule has 1 aromatic rings. The minimum absolute atomic E-state index is 0.106. The third kappa shape index (κ3) is 1.80. The van der Waals surface area contributed by atoms with Crippen molar-refractivity contribution >= 4 is 0 Å². The SMILES string of the molecule is O[C@@H]1CC[C@H]1Oc1ccc(F)cc1. The minimum atomic E-state index is -0.356. The molecule has 70 valence electrons.